The van der Waals surface area contributed by atoms with Crippen molar-refractivity contribution in [2.45, 2.75) is 4.90 Å². The van der Waals surface area contributed by atoms with Crippen molar-refractivity contribution >= 4 is 39.5 Å². The number of ether oxygens (including phenoxy) is 2. The fraction of sp³-hybridized carbons (Fsp3) is 0.167. The van der Waals surface area contributed by atoms with E-state index in [4.69, 9.17) is 14.3 Å². The molecule has 11 nitrogen and oxygen atoms in total. The summed E-state index contributed by atoms with van der Waals surface area (Å²) >= 11 is 0. The summed E-state index contributed by atoms with van der Waals surface area (Å²) in [5.74, 6) is -1.05. The van der Waals surface area contributed by atoms with Gasteiger partial charge in [0, 0.05) is 13.2 Å². The lowest BCUT2D eigenvalue weighted by atomic mass is 10.2. The number of nitrogens with one attached hydrogen (secondary N) is 4. The molecule has 2 aromatic rings. The number of hydrogen-bond donors (Lipinski definition) is 4. The van der Waals surface area contributed by atoms with Crippen LogP contribution < -0.4 is 20.1 Å². The molecule has 0 saturated heterocycles. The van der Waals surface area contributed by atoms with Gasteiger partial charge in [0.1, 0.15) is 17.3 Å². The zero-order valence-corrected chi connectivity index (χ0v) is 16.9. The van der Waals surface area contributed by atoms with Crippen molar-refractivity contribution in [2.24, 2.45) is 0 Å². The number of carbonyl (C=O) groups excluding carboxylic acids is 2. The number of methoxy groups -OCH3 is 2. The van der Waals surface area contributed by atoms with Gasteiger partial charge in [-0.3, -0.25) is 15.5 Å². The first kappa shape index (κ1) is 22.6. The Morgan fingerprint density at radius 3 is 2.33 bits per heavy atom. The molecule has 0 aliphatic heterocycles. The van der Waals surface area contributed by atoms with Gasteiger partial charge in [-0.15, -0.1) is 0 Å². The number of rotatable bonds is 7. The average molecular weight is 436 g/mol. The molecule has 0 fully saturated rings. The standard InChI is InChI=1S/C18H20N4O7S/c1-27-11-16(23)20-14-9-8-12(10-15(14)21-17(19)22-18(24)28-2)29-30(25,26)13-6-4-3-5-7-13/h3-10H,11H2,1-2H3,(H,20,23)(H3,19,21,22,24). The molecule has 0 spiro atoms. The molecule has 30 heavy (non-hydrogen) atoms. The Morgan fingerprint density at radius 2 is 1.70 bits per heavy atom. The lowest BCUT2D eigenvalue weighted by Crippen LogP contribution is -2.35. The van der Waals surface area contributed by atoms with Crippen LogP contribution in [0.2, 0.25) is 0 Å². The van der Waals surface area contributed by atoms with Crippen LogP contribution in [0.5, 0.6) is 5.75 Å². The molecule has 0 bridgehead atoms. The number of hydrogen-bond acceptors (Lipinski definition) is 8. The second-order valence-corrected chi connectivity index (χ2v) is 7.20. The van der Waals surface area contributed by atoms with Crippen LogP contribution in [0, 0.1) is 5.41 Å². The molecule has 12 heteroatoms. The van der Waals surface area contributed by atoms with Crippen LogP contribution in [0.15, 0.2) is 53.4 Å². The van der Waals surface area contributed by atoms with Gasteiger partial charge in [0.2, 0.25) is 11.9 Å². The highest BCUT2D eigenvalue weighted by atomic mass is 32.2. The summed E-state index contributed by atoms with van der Waals surface area (Å²) in [7, 11) is -1.63. The van der Waals surface area contributed by atoms with Crippen molar-refractivity contribution < 1.29 is 31.7 Å². The zero-order chi connectivity index (χ0) is 22.1. The largest absolute Gasteiger partial charge is 0.453 e. The molecule has 0 aliphatic carbocycles. The number of amides is 2. The Labute approximate surface area is 173 Å². The van der Waals surface area contributed by atoms with Gasteiger partial charge in [0.15, 0.2) is 0 Å². The molecule has 0 radical (unpaired) electrons. The second kappa shape index (κ2) is 10.2. The van der Waals surface area contributed by atoms with Crippen molar-refractivity contribution in [3.8, 4) is 5.75 Å². The van der Waals surface area contributed by atoms with E-state index in [9.17, 15) is 18.0 Å². The third-order valence-corrected chi connectivity index (χ3v) is 4.71. The topological polar surface area (TPSA) is 156 Å². The molecular formula is C18H20N4O7S. The second-order valence-electron chi connectivity index (χ2n) is 5.66. The number of alkyl carbamates (subject to hydrolysis) is 1. The molecule has 2 rings (SSSR count). The lowest BCUT2D eigenvalue weighted by Gasteiger charge is -2.15. The van der Waals surface area contributed by atoms with Crippen LogP contribution in [-0.4, -0.2) is 47.2 Å². The Hall–Kier alpha value is -3.64. The number of carbonyl (C=O) groups is 2. The maximum atomic E-state index is 12.4. The van der Waals surface area contributed by atoms with Gasteiger partial charge < -0.3 is 24.3 Å². The summed E-state index contributed by atoms with van der Waals surface area (Å²) < 4.78 is 39.1. The van der Waals surface area contributed by atoms with Crippen LogP contribution in [0.4, 0.5) is 16.2 Å². The van der Waals surface area contributed by atoms with Crippen LogP contribution >= 0.6 is 0 Å². The Bertz CT molecular complexity index is 1030. The molecule has 0 atom stereocenters. The van der Waals surface area contributed by atoms with Crippen LogP contribution in [0.25, 0.3) is 0 Å². The summed E-state index contributed by atoms with van der Waals surface area (Å²) in [5.41, 5.74) is 0.277. The number of anilines is 2. The minimum Gasteiger partial charge on any atom is -0.453 e. The summed E-state index contributed by atoms with van der Waals surface area (Å²) in [6.07, 6.45) is -0.892. The number of guanidine groups is 1. The highest BCUT2D eigenvalue weighted by molar-refractivity contribution is 7.87. The van der Waals surface area contributed by atoms with E-state index in [-0.39, 0.29) is 28.6 Å². The van der Waals surface area contributed by atoms with E-state index in [0.717, 1.165) is 7.11 Å². The van der Waals surface area contributed by atoms with Gasteiger partial charge in [0.25, 0.3) is 0 Å². The van der Waals surface area contributed by atoms with Crippen molar-refractivity contribution in [3.05, 3.63) is 48.5 Å². The van der Waals surface area contributed by atoms with Crippen molar-refractivity contribution in [1.29, 1.82) is 5.41 Å². The molecular weight excluding hydrogens is 416 g/mol. The first-order valence-corrected chi connectivity index (χ1v) is 9.79. The predicted molar refractivity (Wildman–Crippen MR) is 108 cm³/mol. The predicted octanol–water partition coefficient (Wildman–Crippen LogP) is 1.74. The maximum absolute atomic E-state index is 12.4. The molecule has 0 heterocycles. The van der Waals surface area contributed by atoms with Crippen LogP contribution in [0.3, 0.4) is 0 Å². The highest BCUT2D eigenvalue weighted by Crippen LogP contribution is 2.29. The molecule has 160 valence electrons. The molecule has 4 N–H and O–H groups in total. The molecule has 2 amide bonds. The molecule has 0 aromatic heterocycles. The van der Waals surface area contributed by atoms with E-state index in [0.29, 0.717) is 0 Å². The normalized spacial score (nSPS) is 10.6. The average Bonchev–Trinajstić information content (AvgIpc) is 2.70. The van der Waals surface area contributed by atoms with E-state index >= 15 is 0 Å². The van der Waals surface area contributed by atoms with Crippen molar-refractivity contribution in [3.63, 3.8) is 0 Å². The third-order valence-electron chi connectivity index (χ3n) is 3.45. The van der Waals surface area contributed by atoms with Crippen molar-refractivity contribution in [1.82, 2.24) is 5.32 Å². The van der Waals surface area contributed by atoms with Crippen LogP contribution in [0.1, 0.15) is 0 Å². The highest BCUT2D eigenvalue weighted by Gasteiger charge is 2.18. The zero-order valence-electron chi connectivity index (χ0n) is 16.1. The quantitative estimate of drug-likeness (QED) is 0.290. The van der Waals surface area contributed by atoms with Gasteiger partial charge >= 0.3 is 16.2 Å². The van der Waals surface area contributed by atoms with Gasteiger partial charge in [-0.1, -0.05) is 18.2 Å². The summed E-state index contributed by atoms with van der Waals surface area (Å²) in [6, 6.07) is 11.5. The van der Waals surface area contributed by atoms with E-state index < -0.39 is 28.1 Å². The van der Waals surface area contributed by atoms with E-state index in [2.05, 4.69) is 20.7 Å². The minimum absolute atomic E-state index is 0.0444. The molecule has 2 aromatic carbocycles. The lowest BCUT2D eigenvalue weighted by molar-refractivity contribution is -0.119. The summed E-state index contributed by atoms with van der Waals surface area (Å²) in [6.45, 7) is -0.224. The fourth-order valence-electron chi connectivity index (χ4n) is 2.19. The van der Waals surface area contributed by atoms with Gasteiger partial charge in [-0.2, -0.15) is 8.42 Å². The molecule has 0 unspecified atom stereocenters. The first-order chi connectivity index (χ1) is 14.2. The third kappa shape index (κ3) is 6.46. The van der Waals surface area contributed by atoms with Crippen molar-refractivity contribution in [2.75, 3.05) is 31.5 Å². The van der Waals surface area contributed by atoms with Gasteiger partial charge in [-0.25, -0.2) is 4.79 Å². The van der Waals surface area contributed by atoms with Gasteiger partial charge in [-0.05, 0) is 24.3 Å². The summed E-state index contributed by atoms with van der Waals surface area (Å²) in [4.78, 5) is 23.1. The molecule has 0 aliphatic rings. The Morgan fingerprint density at radius 1 is 1.00 bits per heavy atom. The number of benzene rings is 2. The van der Waals surface area contributed by atoms with E-state index in [1.165, 1.54) is 37.4 Å². The SMILES string of the molecule is COCC(=O)Nc1ccc(OS(=O)(=O)c2ccccc2)cc1NC(=N)NC(=O)OC. The molecule has 0 saturated carbocycles. The van der Waals surface area contributed by atoms with E-state index in [1.807, 2.05) is 0 Å². The summed E-state index contributed by atoms with van der Waals surface area (Å²) in [5, 5.41) is 14.9. The first-order valence-electron chi connectivity index (χ1n) is 8.38. The van der Waals surface area contributed by atoms with Gasteiger partial charge in [0.05, 0.1) is 18.5 Å². The maximum Gasteiger partial charge on any atom is 0.413 e. The minimum atomic E-state index is -4.10. The monoisotopic (exact) mass is 436 g/mol. The Balaban J connectivity index is 2.31. The fourth-order valence-corrected chi connectivity index (χ4v) is 3.13. The smallest absolute Gasteiger partial charge is 0.413 e. The Kier molecular flexibility index (Phi) is 7.72. The van der Waals surface area contributed by atoms with Crippen LogP contribution in [-0.2, 0) is 24.4 Å². The van der Waals surface area contributed by atoms with E-state index in [1.54, 1.807) is 18.2 Å².